The lowest BCUT2D eigenvalue weighted by molar-refractivity contribution is -0.384. The highest BCUT2D eigenvalue weighted by Gasteiger charge is 2.16. The van der Waals surface area contributed by atoms with Crippen LogP contribution in [0, 0.1) is 17.0 Å². The number of aryl methyl sites for hydroxylation is 1. The Balaban J connectivity index is 2.03. The third-order valence-corrected chi connectivity index (χ3v) is 3.84. The lowest BCUT2D eigenvalue weighted by Gasteiger charge is -1.99. The van der Waals surface area contributed by atoms with Gasteiger partial charge >= 0.3 is 0 Å². The first-order valence-electron chi connectivity index (χ1n) is 5.99. The zero-order chi connectivity index (χ0) is 15.0. The molecule has 0 aliphatic carbocycles. The highest BCUT2D eigenvalue weighted by atomic mass is 32.1. The summed E-state index contributed by atoms with van der Waals surface area (Å²) in [6.45, 7) is 1.83. The predicted octanol–water partition coefficient (Wildman–Crippen LogP) is 3.26. The van der Waals surface area contributed by atoms with Crippen LogP contribution in [0.2, 0.25) is 0 Å². The van der Waals surface area contributed by atoms with Crippen LogP contribution in [0.25, 0.3) is 22.2 Å². The highest BCUT2D eigenvalue weighted by Crippen LogP contribution is 2.31. The first kappa shape index (κ1) is 13.3. The molecule has 2 aromatic heterocycles. The predicted molar refractivity (Wildman–Crippen MR) is 78.9 cm³/mol. The minimum Gasteiger partial charge on any atom is -0.391 e. The number of nitro groups is 1. The number of nitro benzene ring substituents is 1. The third kappa shape index (κ3) is 2.48. The van der Waals surface area contributed by atoms with Gasteiger partial charge in [0, 0.05) is 17.7 Å². The van der Waals surface area contributed by atoms with Gasteiger partial charge in [0.05, 0.1) is 14.8 Å². The molecule has 0 unspecified atom stereocenters. The van der Waals surface area contributed by atoms with Crippen LogP contribution in [0.1, 0.15) is 5.56 Å². The van der Waals surface area contributed by atoms with Crippen molar-refractivity contribution in [3.05, 3.63) is 46.0 Å². The molecular weight excluding hydrogens is 292 g/mol. The summed E-state index contributed by atoms with van der Waals surface area (Å²) >= 11 is 1.33. The Kier molecular flexibility index (Phi) is 3.15. The van der Waals surface area contributed by atoms with E-state index in [9.17, 15) is 10.1 Å². The number of thiophene rings is 1. The molecule has 106 valence electrons. The van der Waals surface area contributed by atoms with Gasteiger partial charge in [0.25, 0.3) is 11.6 Å². The molecule has 0 aliphatic heterocycles. The summed E-state index contributed by atoms with van der Waals surface area (Å²) in [5, 5.41) is 15.4. The quantitative estimate of drug-likeness (QED) is 0.587. The van der Waals surface area contributed by atoms with E-state index in [0.29, 0.717) is 22.3 Å². The van der Waals surface area contributed by atoms with Gasteiger partial charge in [-0.2, -0.15) is 4.98 Å². The van der Waals surface area contributed by atoms with Crippen LogP contribution in [0.3, 0.4) is 0 Å². The number of nitrogens with zero attached hydrogens (tertiary/aromatic N) is 3. The van der Waals surface area contributed by atoms with Gasteiger partial charge < -0.3 is 10.3 Å². The molecule has 3 rings (SSSR count). The summed E-state index contributed by atoms with van der Waals surface area (Å²) in [5.74, 6) is 0.663. The fraction of sp³-hybridized carbons (Fsp3) is 0.0769. The molecule has 1 aromatic carbocycles. The molecule has 0 amide bonds. The summed E-state index contributed by atoms with van der Waals surface area (Å²) in [4.78, 5) is 15.4. The average Bonchev–Trinajstić information content (AvgIpc) is 3.07. The fourth-order valence-electron chi connectivity index (χ4n) is 1.87. The monoisotopic (exact) mass is 302 g/mol. The molecule has 2 heterocycles. The van der Waals surface area contributed by atoms with Crippen LogP contribution in [0.5, 0.6) is 0 Å². The highest BCUT2D eigenvalue weighted by molar-refractivity contribution is 7.19. The van der Waals surface area contributed by atoms with Crippen LogP contribution in [-0.2, 0) is 0 Å². The standard InChI is InChI=1S/C13H10N4O3S/c1-7-2-3-8(17(18)19)6-9(7)12-15-13(20-16-12)10-4-5-11(14)21-10/h2-6H,14H2,1H3. The number of anilines is 1. The summed E-state index contributed by atoms with van der Waals surface area (Å²) < 4.78 is 5.20. The number of non-ortho nitro benzene ring substituents is 1. The molecule has 0 bridgehead atoms. The maximum Gasteiger partial charge on any atom is 0.270 e. The Morgan fingerprint density at radius 3 is 2.81 bits per heavy atom. The number of hydrogen-bond acceptors (Lipinski definition) is 7. The SMILES string of the molecule is Cc1ccc([N+](=O)[O-])cc1-c1noc(-c2ccc(N)s2)n1. The summed E-state index contributed by atoms with van der Waals surface area (Å²) in [7, 11) is 0. The Bertz CT molecular complexity index is 824. The fourth-order valence-corrected chi connectivity index (χ4v) is 2.56. The second-order valence-electron chi connectivity index (χ2n) is 4.38. The van der Waals surface area contributed by atoms with E-state index in [-0.39, 0.29) is 5.69 Å². The Morgan fingerprint density at radius 1 is 1.33 bits per heavy atom. The zero-order valence-electron chi connectivity index (χ0n) is 10.9. The van der Waals surface area contributed by atoms with E-state index in [4.69, 9.17) is 10.3 Å². The summed E-state index contributed by atoms with van der Waals surface area (Å²) in [6, 6.07) is 8.08. The molecule has 0 spiro atoms. The molecule has 8 heteroatoms. The third-order valence-electron chi connectivity index (χ3n) is 2.94. The molecule has 21 heavy (non-hydrogen) atoms. The van der Waals surface area contributed by atoms with E-state index in [1.807, 2.05) is 6.92 Å². The van der Waals surface area contributed by atoms with Crippen molar-refractivity contribution >= 4 is 22.0 Å². The minimum absolute atomic E-state index is 0.0117. The van der Waals surface area contributed by atoms with E-state index >= 15 is 0 Å². The molecule has 0 fully saturated rings. The van der Waals surface area contributed by atoms with Crippen LogP contribution in [0.4, 0.5) is 10.7 Å². The maximum atomic E-state index is 10.9. The second-order valence-corrected chi connectivity index (χ2v) is 5.50. The number of nitrogen functional groups attached to an aromatic ring is 1. The van der Waals surface area contributed by atoms with Crippen molar-refractivity contribution in [2.45, 2.75) is 6.92 Å². The largest absolute Gasteiger partial charge is 0.391 e. The second kappa shape index (κ2) is 4.98. The average molecular weight is 302 g/mol. The lowest BCUT2D eigenvalue weighted by atomic mass is 10.1. The minimum atomic E-state index is -0.454. The van der Waals surface area contributed by atoms with E-state index in [1.165, 1.54) is 23.5 Å². The van der Waals surface area contributed by atoms with Gasteiger partial charge in [-0.15, -0.1) is 11.3 Å². The Labute approximate surface area is 123 Å². The zero-order valence-corrected chi connectivity index (χ0v) is 11.8. The normalized spacial score (nSPS) is 10.7. The Morgan fingerprint density at radius 2 is 2.14 bits per heavy atom. The first-order chi connectivity index (χ1) is 10.0. The molecule has 7 nitrogen and oxygen atoms in total. The topological polar surface area (TPSA) is 108 Å². The van der Waals surface area contributed by atoms with Gasteiger partial charge in [0.1, 0.15) is 0 Å². The molecule has 0 atom stereocenters. The van der Waals surface area contributed by atoms with Gasteiger partial charge in [-0.3, -0.25) is 10.1 Å². The molecule has 0 saturated carbocycles. The van der Waals surface area contributed by atoms with E-state index in [0.717, 1.165) is 10.4 Å². The van der Waals surface area contributed by atoms with Crippen LogP contribution in [-0.4, -0.2) is 15.1 Å². The summed E-state index contributed by atoms with van der Waals surface area (Å²) in [6.07, 6.45) is 0. The van der Waals surface area contributed by atoms with Crippen molar-refractivity contribution in [2.75, 3.05) is 5.73 Å². The van der Waals surface area contributed by atoms with E-state index < -0.39 is 4.92 Å². The van der Waals surface area contributed by atoms with Crippen molar-refractivity contribution in [1.82, 2.24) is 10.1 Å². The number of benzene rings is 1. The number of rotatable bonds is 3. The lowest BCUT2D eigenvalue weighted by Crippen LogP contribution is -1.91. The van der Waals surface area contributed by atoms with Crippen LogP contribution >= 0.6 is 11.3 Å². The van der Waals surface area contributed by atoms with Crippen molar-refractivity contribution in [2.24, 2.45) is 0 Å². The van der Waals surface area contributed by atoms with E-state index in [1.54, 1.807) is 18.2 Å². The molecule has 0 aliphatic rings. The van der Waals surface area contributed by atoms with Crippen molar-refractivity contribution in [1.29, 1.82) is 0 Å². The van der Waals surface area contributed by atoms with Crippen LogP contribution in [0.15, 0.2) is 34.9 Å². The molecular formula is C13H10N4O3S. The van der Waals surface area contributed by atoms with E-state index in [2.05, 4.69) is 10.1 Å². The van der Waals surface area contributed by atoms with Gasteiger partial charge in [-0.1, -0.05) is 11.2 Å². The van der Waals surface area contributed by atoms with Gasteiger partial charge in [0.15, 0.2) is 0 Å². The number of aromatic nitrogens is 2. The first-order valence-corrected chi connectivity index (χ1v) is 6.81. The smallest absolute Gasteiger partial charge is 0.270 e. The van der Waals surface area contributed by atoms with Gasteiger partial charge in [-0.05, 0) is 24.6 Å². The number of nitrogens with two attached hydrogens (primary N) is 1. The molecule has 2 N–H and O–H groups in total. The molecule has 3 aromatic rings. The Hall–Kier alpha value is -2.74. The van der Waals surface area contributed by atoms with Crippen LogP contribution < -0.4 is 5.73 Å². The molecule has 0 radical (unpaired) electrons. The summed E-state index contributed by atoms with van der Waals surface area (Å²) in [5.41, 5.74) is 7.06. The van der Waals surface area contributed by atoms with Gasteiger partial charge in [0.2, 0.25) is 5.82 Å². The van der Waals surface area contributed by atoms with Crippen molar-refractivity contribution in [3.63, 3.8) is 0 Å². The van der Waals surface area contributed by atoms with Gasteiger partial charge in [-0.25, -0.2) is 0 Å². The number of hydrogen-bond donors (Lipinski definition) is 1. The molecule has 0 saturated heterocycles. The van der Waals surface area contributed by atoms with Crippen molar-refractivity contribution in [3.8, 4) is 22.2 Å². The van der Waals surface area contributed by atoms with Crippen molar-refractivity contribution < 1.29 is 9.45 Å². The maximum absolute atomic E-state index is 10.9.